The van der Waals surface area contributed by atoms with Gasteiger partial charge in [0, 0.05) is 32.2 Å². The zero-order chi connectivity index (χ0) is 16.8. The van der Waals surface area contributed by atoms with Gasteiger partial charge in [-0.2, -0.15) is 17.5 Å². The van der Waals surface area contributed by atoms with Crippen molar-refractivity contribution in [1.29, 1.82) is 0 Å². The van der Waals surface area contributed by atoms with Gasteiger partial charge in [-0.1, -0.05) is 24.3 Å². The highest BCUT2D eigenvalue weighted by Crippen LogP contribution is 2.39. The molecule has 0 aromatic heterocycles. The van der Waals surface area contributed by atoms with Crippen LogP contribution in [0.15, 0.2) is 24.3 Å². The minimum atomic E-state index is -5.28. The van der Waals surface area contributed by atoms with Crippen LogP contribution in [0.2, 0.25) is 0 Å². The molecule has 3 rings (SSSR count). The molecule has 1 aromatic rings. The largest absolute Gasteiger partial charge is 0.511 e. The number of hydrogen-bond donors (Lipinski definition) is 0. The summed E-state index contributed by atoms with van der Waals surface area (Å²) >= 11 is 0. The first-order chi connectivity index (χ1) is 10.7. The fraction of sp³-hybridized carbons (Fsp3) is 0.600. The van der Waals surface area contributed by atoms with E-state index in [1.54, 1.807) is 0 Å². The first kappa shape index (κ1) is 16.7. The summed E-state index contributed by atoms with van der Waals surface area (Å²) in [7, 11) is -4.24. The van der Waals surface area contributed by atoms with Gasteiger partial charge in [-0.05, 0) is 30.4 Å². The second-order valence-electron chi connectivity index (χ2n) is 6.15. The molecule has 2 atom stereocenters. The van der Waals surface area contributed by atoms with Gasteiger partial charge in [0.15, 0.2) is 0 Å². The molecule has 0 saturated carbocycles. The molecule has 0 radical (unpaired) electrons. The number of halogens is 3. The smallest absolute Gasteiger partial charge is 0.296 e. The van der Waals surface area contributed by atoms with Crippen molar-refractivity contribution in [2.24, 2.45) is 0 Å². The highest BCUT2D eigenvalue weighted by Gasteiger charge is 2.51. The van der Waals surface area contributed by atoms with Crippen LogP contribution >= 0.6 is 0 Å². The highest BCUT2D eigenvalue weighted by molar-refractivity contribution is 7.90. The number of hydrogen-bond acceptors (Lipinski definition) is 3. The lowest BCUT2D eigenvalue weighted by atomic mass is 9.85. The van der Waals surface area contributed by atoms with Crippen molar-refractivity contribution in [3.63, 3.8) is 0 Å². The molecule has 0 N–H and O–H groups in total. The van der Waals surface area contributed by atoms with E-state index in [-0.39, 0.29) is 6.04 Å². The van der Waals surface area contributed by atoms with Crippen LogP contribution in [0.4, 0.5) is 13.2 Å². The van der Waals surface area contributed by atoms with Gasteiger partial charge in [0.1, 0.15) is 0 Å². The molecular formula is C15H19F3N2O2S. The van der Waals surface area contributed by atoms with Gasteiger partial charge in [0.2, 0.25) is 0 Å². The number of benzene rings is 1. The summed E-state index contributed by atoms with van der Waals surface area (Å²) in [4.78, 5) is 2.24. The maximum atomic E-state index is 12.8. The molecule has 1 aromatic carbocycles. The summed E-state index contributed by atoms with van der Waals surface area (Å²) in [5.74, 6) is 0. The Labute approximate surface area is 133 Å². The zero-order valence-electron chi connectivity index (χ0n) is 12.8. The number of piperidine rings is 1. The summed E-state index contributed by atoms with van der Waals surface area (Å²) in [5, 5.41) is 0. The summed E-state index contributed by atoms with van der Waals surface area (Å²) in [5.41, 5.74) is -2.93. The van der Waals surface area contributed by atoms with Crippen LogP contribution in [0.3, 0.4) is 0 Å². The Hall–Kier alpha value is -1.12. The van der Waals surface area contributed by atoms with E-state index < -0.39 is 21.6 Å². The molecular weight excluding hydrogens is 329 g/mol. The Morgan fingerprint density at radius 3 is 2.61 bits per heavy atom. The van der Waals surface area contributed by atoms with Crippen LogP contribution in [-0.4, -0.2) is 49.3 Å². The summed E-state index contributed by atoms with van der Waals surface area (Å²) in [6, 6.07) is 7.26. The Morgan fingerprint density at radius 2 is 1.91 bits per heavy atom. The predicted molar refractivity (Wildman–Crippen MR) is 80.2 cm³/mol. The molecule has 8 heteroatoms. The maximum Gasteiger partial charge on any atom is 0.511 e. The molecule has 2 heterocycles. The number of nitrogens with zero attached hydrogens (tertiary/aromatic N) is 2. The van der Waals surface area contributed by atoms with Crippen LogP contribution in [0.25, 0.3) is 0 Å². The van der Waals surface area contributed by atoms with Crippen LogP contribution < -0.4 is 0 Å². The standard InChI is InChI=1S/C15H19F3N2O2S/c1-19(23(21,22)15(16,17)18)12-7-9-20-8-6-11-4-2-3-5-13(11)14(20)10-12/h2-5,12,14H,6-10H2,1H3. The van der Waals surface area contributed by atoms with Crippen LogP contribution in [0.1, 0.15) is 30.0 Å². The van der Waals surface area contributed by atoms with Gasteiger partial charge in [0.05, 0.1) is 0 Å². The molecule has 0 aliphatic carbocycles. The lowest BCUT2D eigenvalue weighted by molar-refractivity contribution is -0.0504. The molecule has 2 unspecified atom stereocenters. The zero-order valence-corrected chi connectivity index (χ0v) is 13.6. The molecule has 0 bridgehead atoms. The number of sulfonamides is 1. The van der Waals surface area contributed by atoms with Crippen LogP contribution in [0.5, 0.6) is 0 Å². The predicted octanol–water partition coefficient (Wildman–Crippen LogP) is 2.53. The highest BCUT2D eigenvalue weighted by atomic mass is 32.2. The number of alkyl halides is 3. The van der Waals surface area contributed by atoms with Crippen LogP contribution in [0, 0.1) is 0 Å². The van der Waals surface area contributed by atoms with Gasteiger partial charge >= 0.3 is 15.5 Å². The second-order valence-corrected chi connectivity index (χ2v) is 8.13. The first-order valence-corrected chi connectivity index (χ1v) is 9.02. The minimum Gasteiger partial charge on any atom is -0.296 e. The van der Waals surface area contributed by atoms with E-state index in [1.165, 1.54) is 5.56 Å². The quantitative estimate of drug-likeness (QED) is 0.825. The number of fused-ring (bicyclic) bond motifs is 3. The van der Waals surface area contributed by atoms with Gasteiger partial charge in [-0.3, -0.25) is 4.90 Å². The van der Waals surface area contributed by atoms with E-state index >= 15 is 0 Å². The van der Waals surface area contributed by atoms with Gasteiger partial charge in [-0.25, -0.2) is 8.42 Å². The van der Waals surface area contributed by atoms with Gasteiger partial charge < -0.3 is 0 Å². The Kier molecular flexibility index (Phi) is 4.18. The average Bonchev–Trinajstić information content (AvgIpc) is 2.52. The van der Waals surface area contributed by atoms with E-state index in [0.29, 0.717) is 23.7 Å². The summed E-state index contributed by atoms with van der Waals surface area (Å²) in [6.07, 6.45) is 1.74. The average molecular weight is 348 g/mol. The summed E-state index contributed by atoms with van der Waals surface area (Å²) in [6.45, 7) is 1.48. The van der Waals surface area contributed by atoms with Crippen molar-refractivity contribution in [1.82, 2.24) is 9.21 Å². The minimum absolute atomic E-state index is 0.00964. The number of rotatable bonds is 2. The Balaban J connectivity index is 1.85. The first-order valence-electron chi connectivity index (χ1n) is 7.58. The van der Waals surface area contributed by atoms with E-state index in [1.807, 2.05) is 24.3 Å². The molecule has 1 saturated heterocycles. The lowest BCUT2D eigenvalue weighted by Crippen LogP contribution is -2.51. The van der Waals surface area contributed by atoms with E-state index in [9.17, 15) is 21.6 Å². The topological polar surface area (TPSA) is 40.6 Å². The maximum absolute atomic E-state index is 12.8. The summed E-state index contributed by atoms with van der Waals surface area (Å²) < 4.78 is 62.1. The third kappa shape index (κ3) is 2.88. The van der Waals surface area contributed by atoms with Crippen molar-refractivity contribution in [3.8, 4) is 0 Å². The van der Waals surface area contributed by atoms with Crippen molar-refractivity contribution in [2.75, 3.05) is 20.1 Å². The molecule has 0 spiro atoms. The molecule has 2 aliphatic rings. The molecule has 4 nitrogen and oxygen atoms in total. The molecule has 23 heavy (non-hydrogen) atoms. The van der Waals surface area contributed by atoms with E-state index in [0.717, 1.165) is 25.6 Å². The molecule has 1 fully saturated rings. The monoisotopic (exact) mass is 348 g/mol. The normalized spacial score (nSPS) is 26.0. The fourth-order valence-corrected chi connectivity index (χ4v) is 4.54. The SMILES string of the molecule is CN(C1CCN2CCc3ccccc3C2C1)S(=O)(=O)C(F)(F)F. The van der Waals surface area contributed by atoms with Crippen molar-refractivity contribution < 1.29 is 21.6 Å². The van der Waals surface area contributed by atoms with E-state index in [2.05, 4.69) is 4.90 Å². The van der Waals surface area contributed by atoms with Gasteiger partial charge in [-0.15, -0.1) is 0 Å². The molecule has 2 aliphatic heterocycles. The molecule has 0 amide bonds. The van der Waals surface area contributed by atoms with Crippen LogP contribution in [-0.2, 0) is 16.4 Å². The van der Waals surface area contributed by atoms with Crippen molar-refractivity contribution in [3.05, 3.63) is 35.4 Å². The third-order valence-corrected chi connectivity index (χ3v) is 6.60. The Morgan fingerprint density at radius 1 is 1.22 bits per heavy atom. The van der Waals surface area contributed by atoms with Crippen molar-refractivity contribution in [2.45, 2.75) is 36.9 Å². The Bertz CT molecular complexity index is 690. The second kappa shape index (κ2) is 5.75. The van der Waals surface area contributed by atoms with E-state index in [4.69, 9.17) is 0 Å². The van der Waals surface area contributed by atoms with Crippen molar-refractivity contribution >= 4 is 10.0 Å². The fourth-order valence-electron chi connectivity index (χ4n) is 3.63. The molecule has 128 valence electrons. The van der Waals surface area contributed by atoms with Gasteiger partial charge in [0.25, 0.3) is 0 Å². The lowest BCUT2D eigenvalue weighted by Gasteiger charge is -2.45. The third-order valence-electron chi connectivity index (χ3n) is 4.95.